The van der Waals surface area contributed by atoms with Gasteiger partial charge in [0.05, 0.1) is 13.7 Å². The Morgan fingerprint density at radius 3 is 2.61 bits per heavy atom. The van der Waals surface area contributed by atoms with Crippen molar-refractivity contribution < 1.29 is 23.8 Å². The van der Waals surface area contributed by atoms with E-state index >= 15 is 0 Å². The van der Waals surface area contributed by atoms with Crippen molar-refractivity contribution in [3.63, 3.8) is 0 Å². The number of cyclic esters (lactones) is 1. The lowest BCUT2D eigenvalue weighted by Crippen LogP contribution is -2.07. The number of anilines is 1. The molecule has 2 aromatic rings. The number of rotatable bonds is 6. The zero-order chi connectivity index (χ0) is 20.1. The monoisotopic (exact) mass is 380 g/mol. The van der Waals surface area contributed by atoms with Gasteiger partial charge in [0, 0.05) is 23.7 Å². The molecule has 2 aromatic carbocycles. The molecular formula is C21H20N2O5. The minimum Gasteiger partial charge on any atom is -0.492 e. The summed E-state index contributed by atoms with van der Waals surface area (Å²) in [6.45, 7) is 3.81. The number of nitrogens with zero attached hydrogens (tertiary/aromatic N) is 1. The van der Waals surface area contributed by atoms with Gasteiger partial charge in [-0.1, -0.05) is 12.1 Å². The van der Waals surface area contributed by atoms with E-state index in [0.29, 0.717) is 34.9 Å². The number of hydrogen-bond acceptors (Lipinski definition) is 6. The second kappa shape index (κ2) is 8.39. The summed E-state index contributed by atoms with van der Waals surface area (Å²) in [5.41, 5.74) is 2.09. The van der Waals surface area contributed by atoms with Crippen molar-refractivity contribution in [2.24, 2.45) is 4.99 Å². The molecule has 0 spiro atoms. The Kier molecular flexibility index (Phi) is 5.74. The number of carbonyl (C=O) groups is 2. The van der Waals surface area contributed by atoms with Crippen molar-refractivity contribution >= 4 is 29.5 Å². The largest absolute Gasteiger partial charge is 0.492 e. The SMILES string of the molecule is CCOc1cccc(/C=C2\N=C(c3ccc(NC(C)=O)cc3)OC2=O)c1OC. The maximum Gasteiger partial charge on any atom is 0.363 e. The molecular weight excluding hydrogens is 360 g/mol. The van der Waals surface area contributed by atoms with Gasteiger partial charge in [-0.2, -0.15) is 0 Å². The first-order valence-corrected chi connectivity index (χ1v) is 8.72. The number of benzene rings is 2. The Balaban J connectivity index is 1.90. The molecule has 7 nitrogen and oxygen atoms in total. The Morgan fingerprint density at radius 1 is 1.21 bits per heavy atom. The molecule has 0 fully saturated rings. The van der Waals surface area contributed by atoms with Gasteiger partial charge in [0.2, 0.25) is 11.8 Å². The van der Waals surface area contributed by atoms with Crippen LogP contribution in [0.3, 0.4) is 0 Å². The molecule has 0 unspecified atom stereocenters. The van der Waals surface area contributed by atoms with Gasteiger partial charge < -0.3 is 19.5 Å². The Labute approximate surface area is 162 Å². The molecule has 1 heterocycles. The Hall–Kier alpha value is -3.61. The Bertz CT molecular complexity index is 961. The van der Waals surface area contributed by atoms with Crippen molar-refractivity contribution in [3.8, 4) is 11.5 Å². The number of esters is 1. The number of aliphatic imine (C=N–C) groups is 1. The minimum absolute atomic E-state index is 0.160. The van der Waals surface area contributed by atoms with Crippen LogP contribution in [0.4, 0.5) is 5.69 Å². The minimum atomic E-state index is -0.551. The van der Waals surface area contributed by atoms with Crippen LogP contribution in [0.25, 0.3) is 6.08 Å². The number of amides is 1. The van der Waals surface area contributed by atoms with E-state index in [2.05, 4.69) is 10.3 Å². The van der Waals surface area contributed by atoms with Crippen LogP contribution in [0.5, 0.6) is 11.5 Å². The van der Waals surface area contributed by atoms with Crippen LogP contribution in [-0.2, 0) is 14.3 Å². The fourth-order valence-electron chi connectivity index (χ4n) is 2.71. The molecule has 0 aliphatic carbocycles. The van der Waals surface area contributed by atoms with E-state index in [1.54, 1.807) is 42.5 Å². The molecule has 1 amide bonds. The summed E-state index contributed by atoms with van der Waals surface area (Å²) in [5.74, 6) is 0.595. The molecule has 7 heteroatoms. The average Bonchev–Trinajstić information content (AvgIpc) is 3.03. The molecule has 0 bridgehead atoms. The van der Waals surface area contributed by atoms with Crippen LogP contribution in [-0.4, -0.2) is 31.5 Å². The summed E-state index contributed by atoms with van der Waals surface area (Å²) in [4.78, 5) is 27.6. The summed E-state index contributed by atoms with van der Waals surface area (Å²) in [7, 11) is 1.54. The van der Waals surface area contributed by atoms with Crippen LogP contribution in [0, 0.1) is 0 Å². The third-order valence-electron chi connectivity index (χ3n) is 3.88. The molecule has 0 radical (unpaired) electrons. The summed E-state index contributed by atoms with van der Waals surface area (Å²) < 4.78 is 16.3. The highest BCUT2D eigenvalue weighted by Crippen LogP contribution is 2.33. The van der Waals surface area contributed by atoms with Gasteiger partial charge in [-0.05, 0) is 43.3 Å². The summed E-state index contributed by atoms with van der Waals surface area (Å²) in [5, 5.41) is 2.68. The van der Waals surface area contributed by atoms with E-state index in [0.717, 1.165) is 0 Å². The smallest absolute Gasteiger partial charge is 0.363 e. The molecule has 0 atom stereocenters. The highest BCUT2D eigenvalue weighted by atomic mass is 16.6. The van der Waals surface area contributed by atoms with E-state index in [9.17, 15) is 9.59 Å². The van der Waals surface area contributed by atoms with E-state index in [1.807, 2.05) is 13.0 Å². The molecule has 0 aromatic heterocycles. The van der Waals surface area contributed by atoms with Gasteiger partial charge >= 0.3 is 5.97 Å². The molecule has 144 valence electrons. The fourth-order valence-corrected chi connectivity index (χ4v) is 2.71. The van der Waals surface area contributed by atoms with Crippen LogP contribution in [0.15, 0.2) is 53.2 Å². The van der Waals surface area contributed by atoms with Crippen LogP contribution >= 0.6 is 0 Å². The van der Waals surface area contributed by atoms with Crippen LogP contribution < -0.4 is 14.8 Å². The Morgan fingerprint density at radius 2 is 1.96 bits per heavy atom. The van der Waals surface area contributed by atoms with E-state index in [-0.39, 0.29) is 17.5 Å². The van der Waals surface area contributed by atoms with Crippen molar-refractivity contribution in [2.45, 2.75) is 13.8 Å². The summed E-state index contributed by atoms with van der Waals surface area (Å²) >= 11 is 0. The second-order valence-corrected chi connectivity index (χ2v) is 5.91. The number of ether oxygens (including phenoxy) is 3. The number of methoxy groups -OCH3 is 1. The van der Waals surface area contributed by atoms with Gasteiger partial charge in [0.15, 0.2) is 17.2 Å². The normalized spacial score (nSPS) is 14.5. The topological polar surface area (TPSA) is 86.2 Å². The van der Waals surface area contributed by atoms with Gasteiger partial charge in [-0.25, -0.2) is 9.79 Å². The maximum atomic E-state index is 12.3. The van der Waals surface area contributed by atoms with E-state index < -0.39 is 5.97 Å². The van der Waals surface area contributed by atoms with Crippen molar-refractivity contribution in [1.82, 2.24) is 0 Å². The maximum absolute atomic E-state index is 12.3. The van der Waals surface area contributed by atoms with Crippen molar-refractivity contribution in [1.29, 1.82) is 0 Å². The average molecular weight is 380 g/mol. The molecule has 1 N–H and O–H groups in total. The molecule has 28 heavy (non-hydrogen) atoms. The number of para-hydroxylation sites is 1. The second-order valence-electron chi connectivity index (χ2n) is 5.91. The molecule has 3 rings (SSSR count). The van der Waals surface area contributed by atoms with E-state index in [1.165, 1.54) is 14.0 Å². The molecule has 1 aliphatic heterocycles. The lowest BCUT2D eigenvalue weighted by molar-refractivity contribution is -0.129. The van der Waals surface area contributed by atoms with Crippen LogP contribution in [0.2, 0.25) is 0 Å². The molecule has 0 saturated heterocycles. The van der Waals surface area contributed by atoms with Gasteiger partial charge in [-0.15, -0.1) is 0 Å². The predicted octanol–water partition coefficient (Wildman–Crippen LogP) is 3.40. The van der Waals surface area contributed by atoms with Gasteiger partial charge in [0.25, 0.3) is 0 Å². The first kappa shape index (κ1) is 19.2. The summed E-state index contributed by atoms with van der Waals surface area (Å²) in [6, 6.07) is 12.3. The van der Waals surface area contributed by atoms with Gasteiger partial charge in [-0.3, -0.25) is 4.79 Å². The van der Waals surface area contributed by atoms with Crippen molar-refractivity contribution in [3.05, 3.63) is 59.3 Å². The fraction of sp³-hybridized carbons (Fsp3) is 0.190. The zero-order valence-electron chi connectivity index (χ0n) is 15.8. The van der Waals surface area contributed by atoms with E-state index in [4.69, 9.17) is 14.2 Å². The standard InChI is InChI=1S/C21H20N2O5/c1-4-27-18-7-5-6-15(19(18)26-3)12-17-21(25)28-20(23-17)14-8-10-16(11-9-14)22-13(2)24/h5-12H,4H2,1-3H3,(H,22,24)/b17-12-. The molecule has 0 saturated carbocycles. The highest BCUT2D eigenvalue weighted by molar-refractivity contribution is 6.13. The lowest BCUT2D eigenvalue weighted by Gasteiger charge is -2.11. The lowest BCUT2D eigenvalue weighted by atomic mass is 10.1. The third-order valence-corrected chi connectivity index (χ3v) is 3.88. The summed E-state index contributed by atoms with van der Waals surface area (Å²) in [6.07, 6.45) is 1.60. The quantitative estimate of drug-likeness (QED) is 0.613. The zero-order valence-corrected chi connectivity index (χ0v) is 15.8. The highest BCUT2D eigenvalue weighted by Gasteiger charge is 2.25. The first-order chi connectivity index (χ1) is 13.5. The first-order valence-electron chi connectivity index (χ1n) is 8.72. The number of carbonyl (C=O) groups excluding carboxylic acids is 2. The predicted molar refractivity (Wildman–Crippen MR) is 106 cm³/mol. The van der Waals surface area contributed by atoms with Gasteiger partial charge in [0.1, 0.15) is 0 Å². The van der Waals surface area contributed by atoms with Crippen molar-refractivity contribution in [2.75, 3.05) is 19.0 Å². The van der Waals surface area contributed by atoms with Crippen LogP contribution in [0.1, 0.15) is 25.0 Å². The number of hydrogen-bond donors (Lipinski definition) is 1. The molecule has 1 aliphatic rings. The number of nitrogens with one attached hydrogen (secondary N) is 1. The third kappa shape index (κ3) is 4.20.